The van der Waals surface area contributed by atoms with E-state index >= 15 is 0 Å². The number of benzene rings is 2. The maximum atomic E-state index is 14.1. The first-order chi connectivity index (χ1) is 17.7. The Morgan fingerprint density at radius 3 is 1.97 bits per heavy atom. The number of hydrogen-bond donors (Lipinski definition) is 0. The Morgan fingerprint density at radius 1 is 0.868 bits per heavy atom. The van der Waals surface area contributed by atoms with Gasteiger partial charge in [0.05, 0.1) is 37.2 Å². The first kappa shape index (κ1) is 28.3. The van der Waals surface area contributed by atoms with Gasteiger partial charge in [0.2, 0.25) is 0 Å². The molecule has 0 fully saturated rings. The van der Waals surface area contributed by atoms with Crippen molar-refractivity contribution in [2.75, 3.05) is 25.7 Å². The number of hydrogen-bond acceptors (Lipinski definition) is 5. The lowest BCUT2D eigenvalue weighted by Crippen LogP contribution is -2.37. The van der Waals surface area contributed by atoms with E-state index in [1.54, 1.807) is 0 Å². The fourth-order valence-electron chi connectivity index (χ4n) is 3.43. The molecule has 0 unspecified atom stereocenters. The van der Waals surface area contributed by atoms with Gasteiger partial charge in [-0.15, -0.1) is 0 Å². The van der Waals surface area contributed by atoms with Gasteiger partial charge in [-0.1, -0.05) is 0 Å². The monoisotopic (exact) mass is 548 g/mol. The highest BCUT2D eigenvalue weighted by atomic mass is 19.4. The third kappa shape index (κ3) is 6.01. The average molecular weight is 548 g/mol. The minimum atomic E-state index is -5.25. The van der Waals surface area contributed by atoms with Crippen molar-refractivity contribution in [3.05, 3.63) is 77.1 Å². The number of pyridine rings is 1. The minimum Gasteiger partial charge on any atom is -0.496 e. The van der Waals surface area contributed by atoms with Crippen molar-refractivity contribution in [2.24, 2.45) is 0 Å². The number of rotatable bonds is 6. The number of halogens is 8. The van der Waals surface area contributed by atoms with Crippen LogP contribution in [-0.4, -0.2) is 37.6 Å². The Hall–Kier alpha value is -4.23. The molecule has 0 radical (unpaired) electrons. The van der Waals surface area contributed by atoms with Crippen LogP contribution in [0, 0.1) is 11.6 Å². The summed E-state index contributed by atoms with van der Waals surface area (Å²) in [6, 6.07) is 2.79. The fraction of sp³-hybridized carbons (Fsp3) is 0.208. The molecule has 0 aliphatic rings. The molecule has 3 rings (SSSR count). The predicted molar refractivity (Wildman–Crippen MR) is 116 cm³/mol. The number of alkyl halides is 6. The molecule has 14 heteroatoms. The first-order valence-corrected chi connectivity index (χ1v) is 10.3. The zero-order chi connectivity index (χ0) is 28.4. The van der Waals surface area contributed by atoms with E-state index in [9.17, 15) is 44.7 Å². The topological polar surface area (TPSA) is 68.7 Å². The standard InChI is InChI=1S/C24H16F8N2O4/c1-37-20-9-18(26)17(25)8-16(20)15-3-4-33-10-19(15)34(11-21(35)38-2)22(36)12-5-13(23(27,28)29)7-14(6-12)24(30,31)32/h3-10H,11H2,1-2H3. The number of nitrogens with zero attached hydrogens (tertiary/aromatic N) is 2. The number of amides is 1. The Balaban J connectivity index is 2.27. The van der Waals surface area contributed by atoms with Gasteiger partial charge < -0.3 is 9.47 Å². The second-order valence-electron chi connectivity index (χ2n) is 7.62. The van der Waals surface area contributed by atoms with Crippen molar-refractivity contribution < 1.29 is 54.2 Å². The highest BCUT2D eigenvalue weighted by Gasteiger charge is 2.38. The number of aromatic nitrogens is 1. The van der Waals surface area contributed by atoms with Gasteiger partial charge in [0.15, 0.2) is 11.6 Å². The maximum absolute atomic E-state index is 14.1. The number of anilines is 1. The molecule has 0 atom stereocenters. The van der Waals surface area contributed by atoms with E-state index in [-0.39, 0.29) is 40.8 Å². The summed E-state index contributed by atoms with van der Waals surface area (Å²) in [5.41, 5.74) is -5.21. The summed E-state index contributed by atoms with van der Waals surface area (Å²) >= 11 is 0. The molecular formula is C24H16F8N2O4. The van der Waals surface area contributed by atoms with Gasteiger partial charge in [-0.25, -0.2) is 8.78 Å². The summed E-state index contributed by atoms with van der Waals surface area (Å²) in [5.74, 6) is -5.43. The quantitative estimate of drug-likeness (QED) is 0.284. The number of esters is 1. The molecule has 0 aliphatic carbocycles. The number of carbonyl (C=O) groups excluding carboxylic acids is 2. The Labute approximate surface area is 209 Å². The molecule has 2 aromatic carbocycles. The van der Waals surface area contributed by atoms with Crippen LogP contribution >= 0.6 is 0 Å². The Morgan fingerprint density at radius 2 is 1.45 bits per heavy atom. The maximum Gasteiger partial charge on any atom is 0.416 e. The average Bonchev–Trinajstić information content (AvgIpc) is 2.86. The SMILES string of the molecule is COC(=O)CN(C(=O)c1cc(C(F)(F)F)cc(C(F)(F)F)c1)c1cnccc1-c1cc(F)c(F)cc1OC. The molecule has 6 nitrogen and oxygen atoms in total. The van der Waals surface area contributed by atoms with Crippen LogP contribution in [0.5, 0.6) is 5.75 Å². The second kappa shape index (κ2) is 10.6. The van der Waals surface area contributed by atoms with E-state index in [4.69, 9.17) is 4.74 Å². The van der Waals surface area contributed by atoms with Gasteiger partial charge in [-0.05, 0) is 30.3 Å². The van der Waals surface area contributed by atoms with Crippen LogP contribution in [0.25, 0.3) is 11.1 Å². The van der Waals surface area contributed by atoms with Crippen molar-refractivity contribution >= 4 is 17.6 Å². The highest BCUT2D eigenvalue weighted by molar-refractivity contribution is 6.10. The van der Waals surface area contributed by atoms with Gasteiger partial charge in [-0.2, -0.15) is 26.3 Å². The Kier molecular flexibility index (Phi) is 7.93. The van der Waals surface area contributed by atoms with Crippen molar-refractivity contribution in [1.29, 1.82) is 0 Å². The van der Waals surface area contributed by atoms with E-state index in [1.165, 1.54) is 6.07 Å². The molecule has 202 valence electrons. The summed E-state index contributed by atoms with van der Waals surface area (Å²) < 4.78 is 118. The molecule has 0 saturated carbocycles. The zero-order valence-corrected chi connectivity index (χ0v) is 19.4. The number of ether oxygens (including phenoxy) is 2. The van der Waals surface area contributed by atoms with E-state index in [2.05, 4.69) is 9.72 Å². The fourth-order valence-corrected chi connectivity index (χ4v) is 3.43. The van der Waals surface area contributed by atoms with Gasteiger partial charge in [0.25, 0.3) is 5.91 Å². The molecule has 1 amide bonds. The van der Waals surface area contributed by atoms with E-state index in [0.29, 0.717) is 17.0 Å². The third-order valence-corrected chi connectivity index (χ3v) is 5.22. The zero-order valence-electron chi connectivity index (χ0n) is 19.4. The normalized spacial score (nSPS) is 11.7. The van der Waals surface area contributed by atoms with E-state index in [0.717, 1.165) is 26.6 Å². The van der Waals surface area contributed by atoms with Crippen molar-refractivity contribution in [3.8, 4) is 16.9 Å². The molecule has 38 heavy (non-hydrogen) atoms. The van der Waals surface area contributed by atoms with Gasteiger partial charge in [0.1, 0.15) is 12.3 Å². The molecule has 0 saturated heterocycles. The van der Waals surface area contributed by atoms with Crippen LogP contribution in [-0.2, 0) is 21.9 Å². The smallest absolute Gasteiger partial charge is 0.416 e. The molecule has 1 aromatic heterocycles. The van der Waals surface area contributed by atoms with Crippen LogP contribution in [0.2, 0.25) is 0 Å². The van der Waals surface area contributed by atoms with Crippen LogP contribution < -0.4 is 9.64 Å². The molecule has 0 spiro atoms. The highest BCUT2D eigenvalue weighted by Crippen LogP contribution is 2.40. The lowest BCUT2D eigenvalue weighted by molar-refractivity contribution is -0.143. The lowest BCUT2D eigenvalue weighted by Gasteiger charge is -2.25. The predicted octanol–water partition coefficient (Wildman–Crippen LogP) is 5.89. The summed E-state index contributed by atoms with van der Waals surface area (Å²) in [6.07, 6.45) is -8.38. The second-order valence-corrected chi connectivity index (χ2v) is 7.62. The molecule has 3 aromatic rings. The summed E-state index contributed by atoms with van der Waals surface area (Å²) in [6.45, 7) is -0.988. The van der Waals surface area contributed by atoms with E-state index in [1.807, 2.05) is 0 Å². The Bertz CT molecular complexity index is 1340. The van der Waals surface area contributed by atoms with E-state index < -0.39 is 59.1 Å². The molecular weight excluding hydrogens is 532 g/mol. The minimum absolute atomic E-state index is 0.115. The number of methoxy groups -OCH3 is 2. The molecule has 0 bridgehead atoms. The van der Waals surface area contributed by atoms with Gasteiger partial charge in [0, 0.05) is 29.0 Å². The summed E-state index contributed by atoms with van der Waals surface area (Å²) in [7, 11) is 2.05. The lowest BCUT2D eigenvalue weighted by atomic mass is 10.0. The van der Waals surface area contributed by atoms with Crippen LogP contribution in [0.1, 0.15) is 21.5 Å². The summed E-state index contributed by atoms with van der Waals surface area (Å²) in [4.78, 5) is 29.8. The van der Waals surface area contributed by atoms with Crippen LogP contribution in [0.3, 0.4) is 0 Å². The van der Waals surface area contributed by atoms with Crippen LogP contribution in [0.4, 0.5) is 40.8 Å². The van der Waals surface area contributed by atoms with Gasteiger partial charge in [-0.3, -0.25) is 19.5 Å². The third-order valence-electron chi connectivity index (χ3n) is 5.22. The summed E-state index contributed by atoms with van der Waals surface area (Å²) in [5, 5.41) is 0. The van der Waals surface area contributed by atoms with Crippen molar-refractivity contribution in [2.45, 2.75) is 12.4 Å². The van der Waals surface area contributed by atoms with Crippen molar-refractivity contribution in [3.63, 3.8) is 0 Å². The largest absolute Gasteiger partial charge is 0.496 e. The van der Waals surface area contributed by atoms with Gasteiger partial charge >= 0.3 is 18.3 Å². The van der Waals surface area contributed by atoms with Crippen molar-refractivity contribution in [1.82, 2.24) is 4.98 Å². The molecule has 0 N–H and O–H groups in total. The van der Waals surface area contributed by atoms with Crippen LogP contribution in [0.15, 0.2) is 48.8 Å². The molecule has 1 heterocycles. The first-order valence-electron chi connectivity index (χ1n) is 10.3. The molecule has 0 aliphatic heterocycles. The number of carbonyl (C=O) groups is 2.